The van der Waals surface area contributed by atoms with Crippen LogP contribution < -0.4 is 4.74 Å². The van der Waals surface area contributed by atoms with E-state index in [0.29, 0.717) is 5.75 Å². The molecule has 2 fully saturated rings. The first-order valence-corrected chi connectivity index (χ1v) is 14.2. The third-order valence-corrected chi connectivity index (χ3v) is 8.58. The number of unbranched alkanes of at least 4 members (excludes halogenated alkanes) is 5. The Morgan fingerprint density at radius 1 is 0.706 bits per heavy atom. The molecule has 34 heavy (non-hydrogen) atoms. The minimum absolute atomic E-state index is 0.295. The third-order valence-electron chi connectivity index (χ3n) is 8.58. The molecule has 0 amide bonds. The molecule has 0 saturated heterocycles. The topological polar surface area (TPSA) is 9.23 Å². The van der Waals surface area contributed by atoms with E-state index in [9.17, 15) is 13.2 Å². The monoisotopic (exact) mass is 480 g/mol. The first-order valence-electron chi connectivity index (χ1n) is 14.2. The van der Waals surface area contributed by atoms with Gasteiger partial charge in [0.15, 0.2) is 6.61 Å². The lowest BCUT2D eigenvalue weighted by molar-refractivity contribution is -0.153. The molecule has 0 radical (unpaired) electrons. The fourth-order valence-electron chi connectivity index (χ4n) is 6.40. The molecule has 0 aromatic heterocycles. The summed E-state index contributed by atoms with van der Waals surface area (Å²) in [5, 5.41) is 0. The molecule has 0 heterocycles. The van der Waals surface area contributed by atoms with Gasteiger partial charge in [0.05, 0.1) is 0 Å². The zero-order valence-corrected chi connectivity index (χ0v) is 21.4. The minimum atomic E-state index is -4.29. The van der Waals surface area contributed by atoms with Crippen LogP contribution in [-0.4, -0.2) is 12.8 Å². The molecule has 1 nitrogen and oxygen atoms in total. The Morgan fingerprint density at radius 2 is 1.24 bits per heavy atom. The molecule has 0 atom stereocenters. The summed E-state index contributed by atoms with van der Waals surface area (Å²) >= 11 is 0. The van der Waals surface area contributed by atoms with E-state index in [-0.39, 0.29) is 0 Å². The fraction of sp³-hybridized carbons (Fsp3) is 0.800. The van der Waals surface area contributed by atoms with Gasteiger partial charge in [-0.3, -0.25) is 0 Å². The number of alkyl halides is 3. The lowest BCUT2D eigenvalue weighted by Crippen LogP contribution is -2.26. The Labute approximate surface area is 206 Å². The molecule has 0 unspecified atom stereocenters. The van der Waals surface area contributed by atoms with E-state index < -0.39 is 12.8 Å². The van der Waals surface area contributed by atoms with Crippen LogP contribution in [0.3, 0.4) is 0 Å². The normalized spacial score (nSPS) is 25.9. The number of rotatable bonds is 13. The van der Waals surface area contributed by atoms with Crippen molar-refractivity contribution in [1.29, 1.82) is 0 Å². The van der Waals surface area contributed by atoms with E-state index in [1.54, 1.807) is 12.1 Å². The maximum atomic E-state index is 12.3. The number of hydrogen-bond donors (Lipinski definition) is 0. The summed E-state index contributed by atoms with van der Waals surface area (Å²) in [5.74, 6) is 4.04. The summed E-state index contributed by atoms with van der Waals surface area (Å²) in [4.78, 5) is 0. The molecule has 2 aliphatic carbocycles. The van der Waals surface area contributed by atoms with Crippen LogP contribution >= 0.6 is 0 Å². The van der Waals surface area contributed by atoms with Crippen LogP contribution in [-0.2, 0) is 6.42 Å². The van der Waals surface area contributed by atoms with Crippen LogP contribution in [0.1, 0.15) is 115 Å². The van der Waals surface area contributed by atoms with Crippen molar-refractivity contribution in [3.8, 4) is 5.75 Å². The predicted octanol–water partition coefficient (Wildman–Crippen LogP) is 9.92. The number of halogens is 3. The largest absolute Gasteiger partial charge is 0.484 e. The molecule has 1 aromatic carbocycles. The van der Waals surface area contributed by atoms with Gasteiger partial charge < -0.3 is 4.74 Å². The predicted molar refractivity (Wildman–Crippen MR) is 135 cm³/mol. The van der Waals surface area contributed by atoms with Crippen molar-refractivity contribution in [3.63, 3.8) is 0 Å². The molecule has 1 aromatic rings. The van der Waals surface area contributed by atoms with Gasteiger partial charge in [-0.1, -0.05) is 89.7 Å². The molecule has 0 bridgehead atoms. The number of ether oxygens (including phenoxy) is 1. The van der Waals surface area contributed by atoms with Crippen LogP contribution in [0.4, 0.5) is 13.2 Å². The van der Waals surface area contributed by atoms with Crippen molar-refractivity contribution < 1.29 is 17.9 Å². The first kappa shape index (κ1) is 27.4. The quantitative estimate of drug-likeness (QED) is 0.255. The highest BCUT2D eigenvalue weighted by atomic mass is 19.4. The van der Waals surface area contributed by atoms with Crippen molar-refractivity contribution in [1.82, 2.24) is 0 Å². The second kappa shape index (κ2) is 14.4. The zero-order chi connectivity index (χ0) is 24.2. The summed E-state index contributed by atoms with van der Waals surface area (Å²) < 4.78 is 41.6. The zero-order valence-electron chi connectivity index (χ0n) is 21.4. The smallest absolute Gasteiger partial charge is 0.422 e. The maximum Gasteiger partial charge on any atom is 0.422 e. The molecule has 0 spiro atoms. The highest BCUT2D eigenvalue weighted by Crippen LogP contribution is 2.43. The average Bonchev–Trinajstić information content (AvgIpc) is 2.84. The van der Waals surface area contributed by atoms with E-state index in [0.717, 1.165) is 30.1 Å². The summed E-state index contributed by atoms with van der Waals surface area (Å²) in [5.41, 5.74) is 1.20. The standard InChI is InChI=1S/C30H47F3O/c1-2-3-4-5-6-7-8-24-11-17-27(18-12-24)28-19-13-25(14-20-28)9-10-26-15-21-29(22-16-26)34-23-30(31,32)33/h15-16,21-22,24-25,27-28H,2-14,17-20,23H2,1H3. The minimum Gasteiger partial charge on any atom is -0.484 e. The van der Waals surface area contributed by atoms with Crippen molar-refractivity contribution in [2.75, 3.05) is 6.61 Å². The van der Waals surface area contributed by atoms with Gasteiger partial charge in [0.2, 0.25) is 0 Å². The molecule has 4 heteroatoms. The van der Waals surface area contributed by atoms with Gasteiger partial charge in [-0.25, -0.2) is 0 Å². The van der Waals surface area contributed by atoms with Crippen molar-refractivity contribution >= 4 is 0 Å². The van der Waals surface area contributed by atoms with Gasteiger partial charge in [-0.15, -0.1) is 0 Å². The third kappa shape index (κ3) is 10.2. The Bertz CT molecular complexity index is 653. The Morgan fingerprint density at radius 3 is 1.79 bits per heavy atom. The molecule has 0 N–H and O–H groups in total. The van der Waals surface area contributed by atoms with Crippen molar-refractivity contribution in [2.24, 2.45) is 23.7 Å². The van der Waals surface area contributed by atoms with Crippen LogP contribution in [0, 0.1) is 23.7 Å². The van der Waals surface area contributed by atoms with E-state index >= 15 is 0 Å². The van der Waals surface area contributed by atoms with Gasteiger partial charge >= 0.3 is 6.18 Å². The van der Waals surface area contributed by atoms with E-state index in [1.807, 2.05) is 12.1 Å². The van der Waals surface area contributed by atoms with Crippen molar-refractivity contribution in [2.45, 2.75) is 122 Å². The number of aryl methyl sites for hydroxylation is 1. The molecule has 2 aliphatic rings. The van der Waals surface area contributed by atoms with Gasteiger partial charge in [0.1, 0.15) is 5.75 Å². The number of benzene rings is 1. The molecule has 0 aliphatic heterocycles. The molecular weight excluding hydrogens is 433 g/mol. The van der Waals surface area contributed by atoms with E-state index in [4.69, 9.17) is 4.74 Å². The highest BCUT2D eigenvalue weighted by molar-refractivity contribution is 5.27. The molecule has 3 rings (SSSR count). The lowest BCUT2D eigenvalue weighted by Gasteiger charge is -2.38. The maximum absolute atomic E-state index is 12.3. The number of hydrogen-bond acceptors (Lipinski definition) is 1. The summed E-state index contributed by atoms with van der Waals surface area (Å²) in [6.45, 7) is 1.06. The van der Waals surface area contributed by atoms with Crippen LogP contribution in [0.15, 0.2) is 24.3 Å². The summed E-state index contributed by atoms with van der Waals surface area (Å²) in [6.07, 6.45) is 19.3. The Kier molecular flexibility index (Phi) is 11.6. The molecule has 2 saturated carbocycles. The fourth-order valence-corrected chi connectivity index (χ4v) is 6.40. The summed E-state index contributed by atoms with van der Waals surface area (Å²) in [7, 11) is 0. The van der Waals surface area contributed by atoms with Gasteiger partial charge in [0.25, 0.3) is 0 Å². The second-order valence-electron chi connectivity index (χ2n) is 11.2. The first-order chi connectivity index (χ1) is 16.4. The van der Waals surface area contributed by atoms with Gasteiger partial charge in [0, 0.05) is 0 Å². The van der Waals surface area contributed by atoms with E-state index in [1.165, 1.54) is 108 Å². The lowest BCUT2D eigenvalue weighted by atomic mass is 9.68. The average molecular weight is 481 g/mol. The molecular formula is C30H47F3O. The summed E-state index contributed by atoms with van der Waals surface area (Å²) in [6, 6.07) is 7.17. The molecule has 194 valence electrons. The van der Waals surface area contributed by atoms with E-state index in [2.05, 4.69) is 6.92 Å². The SMILES string of the molecule is CCCCCCCCC1CCC(C2CCC(CCc3ccc(OCC(F)(F)F)cc3)CC2)CC1. The van der Waals surface area contributed by atoms with Crippen LogP contribution in [0.25, 0.3) is 0 Å². The van der Waals surface area contributed by atoms with Crippen molar-refractivity contribution in [3.05, 3.63) is 29.8 Å². The van der Waals surface area contributed by atoms with Crippen LogP contribution in [0.2, 0.25) is 0 Å². The van der Waals surface area contributed by atoms with Gasteiger partial charge in [-0.05, 0) is 79.9 Å². The highest BCUT2D eigenvalue weighted by Gasteiger charge is 2.31. The van der Waals surface area contributed by atoms with Crippen LogP contribution in [0.5, 0.6) is 5.75 Å². The Hall–Kier alpha value is -1.19. The Balaban J connectivity index is 1.26. The van der Waals surface area contributed by atoms with Gasteiger partial charge in [-0.2, -0.15) is 13.2 Å². The second-order valence-corrected chi connectivity index (χ2v) is 11.2.